The van der Waals surface area contributed by atoms with Crippen LogP contribution in [0.4, 0.5) is 16.2 Å². The number of hydrogen-bond acceptors (Lipinski definition) is 4. The summed E-state index contributed by atoms with van der Waals surface area (Å²) in [5.74, 6) is 0.627. The highest BCUT2D eigenvalue weighted by molar-refractivity contribution is 7.10. The average Bonchev–Trinajstić information content (AvgIpc) is 3.25. The Labute approximate surface area is 192 Å². The van der Waals surface area contributed by atoms with Crippen molar-refractivity contribution in [3.63, 3.8) is 0 Å². The lowest BCUT2D eigenvalue weighted by Crippen LogP contribution is -2.22. The van der Waals surface area contributed by atoms with Gasteiger partial charge < -0.3 is 10.6 Å². The minimum absolute atomic E-state index is 0.300. The van der Waals surface area contributed by atoms with Gasteiger partial charge in [0.15, 0.2) is 5.82 Å². The number of para-hydroxylation sites is 1. The monoisotopic (exact) mass is 442 g/mol. The van der Waals surface area contributed by atoms with Crippen molar-refractivity contribution in [2.24, 2.45) is 0 Å². The summed E-state index contributed by atoms with van der Waals surface area (Å²) in [5, 5.41) is 8.08. The minimum atomic E-state index is -0.300. The van der Waals surface area contributed by atoms with Gasteiger partial charge in [-0.25, -0.2) is 14.8 Å². The molecule has 0 radical (unpaired) electrons. The number of anilines is 2. The molecular formula is C26H26N4OS. The highest BCUT2D eigenvalue weighted by Gasteiger charge is 2.17. The van der Waals surface area contributed by atoms with Crippen molar-refractivity contribution in [2.45, 2.75) is 33.6 Å². The van der Waals surface area contributed by atoms with Crippen molar-refractivity contribution >= 4 is 28.7 Å². The van der Waals surface area contributed by atoms with E-state index in [-0.39, 0.29) is 6.03 Å². The van der Waals surface area contributed by atoms with Crippen molar-refractivity contribution < 1.29 is 4.79 Å². The molecule has 4 aromatic rings. The zero-order chi connectivity index (χ0) is 22.5. The van der Waals surface area contributed by atoms with Gasteiger partial charge in [-0.15, -0.1) is 11.3 Å². The maximum Gasteiger partial charge on any atom is 0.323 e. The second-order valence-corrected chi connectivity index (χ2v) is 8.57. The molecule has 5 nitrogen and oxygen atoms in total. The standard InChI is InChI=1S/C26H26N4OS/c1-4-18-12-9-13-19(5-2)23(18)30-26(31)28-22-16-27-25(20-10-7-6-8-11-20)29-24(22)21-14-15-32-17(21)3/h6-16H,4-5H2,1-3H3,(H2,28,30,31). The lowest BCUT2D eigenvalue weighted by molar-refractivity contribution is 0.262. The quantitative estimate of drug-likeness (QED) is 0.339. The largest absolute Gasteiger partial charge is 0.323 e. The third-order valence-corrected chi connectivity index (χ3v) is 6.27. The molecule has 0 aliphatic heterocycles. The summed E-state index contributed by atoms with van der Waals surface area (Å²) in [6.45, 7) is 6.23. The molecule has 2 aromatic heterocycles. The Morgan fingerprint density at radius 3 is 2.28 bits per heavy atom. The van der Waals surface area contributed by atoms with Crippen LogP contribution < -0.4 is 10.6 Å². The summed E-state index contributed by atoms with van der Waals surface area (Å²) in [6, 6.07) is 17.7. The molecule has 0 aliphatic rings. The van der Waals surface area contributed by atoms with Gasteiger partial charge in [0.05, 0.1) is 17.6 Å². The van der Waals surface area contributed by atoms with Gasteiger partial charge in [0.25, 0.3) is 0 Å². The van der Waals surface area contributed by atoms with Crippen LogP contribution in [0.2, 0.25) is 0 Å². The van der Waals surface area contributed by atoms with Gasteiger partial charge in [-0.05, 0) is 42.3 Å². The molecule has 162 valence electrons. The zero-order valence-corrected chi connectivity index (χ0v) is 19.3. The number of amides is 2. The zero-order valence-electron chi connectivity index (χ0n) is 18.5. The first-order valence-electron chi connectivity index (χ1n) is 10.8. The molecule has 4 rings (SSSR count). The Kier molecular flexibility index (Phi) is 6.61. The molecule has 0 saturated heterocycles. The molecule has 0 fully saturated rings. The van der Waals surface area contributed by atoms with Crippen LogP contribution in [0.3, 0.4) is 0 Å². The van der Waals surface area contributed by atoms with Crippen LogP contribution >= 0.6 is 11.3 Å². The Bertz CT molecular complexity index is 1210. The van der Waals surface area contributed by atoms with Crippen molar-refractivity contribution in [3.8, 4) is 22.6 Å². The topological polar surface area (TPSA) is 66.9 Å². The summed E-state index contributed by atoms with van der Waals surface area (Å²) < 4.78 is 0. The molecule has 32 heavy (non-hydrogen) atoms. The van der Waals surface area contributed by atoms with Gasteiger partial charge in [0.2, 0.25) is 0 Å². The van der Waals surface area contributed by atoms with E-state index in [2.05, 4.69) is 36.4 Å². The number of benzene rings is 2. The minimum Gasteiger partial charge on any atom is -0.307 e. The Morgan fingerprint density at radius 1 is 0.938 bits per heavy atom. The van der Waals surface area contributed by atoms with Gasteiger partial charge in [0, 0.05) is 21.7 Å². The summed E-state index contributed by atoms with van der Waals surface area (Å²) in [7, 11) is 0. The molecule has 0 spiro atoms. The van der Waals surface area contributed by atoms with Gasteiger partial charge in [-0.3, -0.25) is 0 Å². The second kappa shape index (κ2) is 9.75. The molecule has 2 aromatic carbocycles. The van der Waals surface area contributed by atoms with Crippen LogP contribution in [0.5, 0.6) is 0 Å². The molecular weight excluding hydrogens is 416 g/mol. The number of aryl methyl sites for hydroxylation is 3. The van der Waals surface area contributed by atoms with Crippen molar-refractivity contribution in [1.82, 2.24) is 9.97 Å². The number of thiophene rings is 1. The lowest BCUT2D eigenvalue weighted by Gasteiger charge is -2.16. The van der Waals surface area contributed by atoms with E-state index < -0.39 is 0 Å². The van der Waals surface area contributed by atoms with Crippen molar-refractivity contribution in [1.29, 1.82) is 0 Å². The number of urea groups is 1. The van der Waals surface area contributed by atoms with Gasteiger partial charge in [-0.2, -0.15) is 0 Å². The number of hydrogen-bond donors (Lipinski definition) is 2. The molecule has 2 N–H and O–H groups in total. The SMILES string of the molecule is CCc1cccc(CC)c1NC(=O)Nc1cnc(-c2ccccc2)nc1-c1ccsc1C. The van der Waals surface area contributed by atoms with E-state index in [0.717, 1.165) is 45.7 Å². The molecule has 6 heteroatoms. The molecule has 0 saturated carbocycles. The highest BCUT2D eigenvalue weighted by Crippen LogP contribution is 2.33. The predicted molar refractivity (Wildman–Crippen MR) is 133 cm³/mol. The number of carbonyl (C=O) groups excluding carboxylic acids is 1. The van der Waals surface area contributed by atoms with Crippen LogP contribution in [-0.4, -0.2) is 16.0 Å². The van der Waals surface area contributed by atoms with E-state index in [1.807, 2.05) is 60.0 Å². The van der Waals surface area contributed by atoms with Gasteiger partial charge >= 0.3 is 6.03 Å². The van der Waals surface area contributed by atoms with E-state index >= 15 is 0 Å². The van der Waals surface area contributed by atoms with Crippen LogP contribution in [0, 0.1) is 6.92 Å². The molecule has 0 atom stereocenters. The highest BCUT2D eigenvalue weighted by atomic mass is 32.1. The summed E-state index contributed by atoms with van der Waals surface area (Å²) in [5.41, 5.74) is 6.33. The van der Waals surface area contributed by atoms with Gasteiger partial charge in [0.1, 0.15) is 0 Å². The molecule has 0 unspecified atom stereocenters. The Balaban J connectivity index is 1.68. The number of aromatic nitrogens is 2. The lowest BCUT2D eigenvalue weighted by atomic mass is 10.0. The van der Waals surface area contributed by atoms with E-state index in [1.165, 1.54) is 0 Å². The summed E-state index contributed by atoms with van der Waals surface area (Å²) >= 11 is 1.65. The van der Waals surface area contributed by atoms with Crippen molar-refractivity contribution in [2.75, 3.05) is 10.6 Å². The maximum atomic E-state index is 13.0. The number of nitrogens with zero attached hydrogens (tertiary/aromatic N) is 2. The number of rotatable bonds is 6. The average molecular weight is 443 g/mol. The van der Waals surface area contributed by atoms with E-state index in [0.29, 0.717) is 17.2 Å². The number of nitrogens with one attached hydrogen (secondary N) is 2. The number of carbonyl (C=O) groups is 1. The Hall–Kier alpha value is -3.51. The first kappa shape index (κ1) is 21.7. The molecule has 2 heterocycles. The smallest absolute Gasteiger partial charge is 0.307 e. The van der Waals surface area contributed by atoms with Crippen LogP contribution in [0.25, 0.3) is 22.6 Å². The van der Waals surface area contributed by atoms with E-state index in [9.17, 15) is 4.79 Å². The first-order valence-corrected chi connectivity index (χ1v) is 11.6. The summed E-state index contributed by atoms with van der Waals surface area (Å²) in [4.78, 5) is 23.5. The fourth-order valence-corrected chi connectivity index (χ4v) is 4.41. The molecule has 0 aliphatic carbocycles. The fraction of sp³-hybridized carbons (Fsp3) is 0.192. The third kappa shape index (κ3) is 4.55. The van der Waals surface area contributed by atoms with E-state index in [4.69, 9.17) is 4.98 Å². The fourth-order valence-electron chi connectivity index (χ4n) is 3.71. The Morgan fingerprint density at radius 2 is 1.66 bits per heavy atom. The van der Waals surface area contributed by atoms with Crippen molar-refractivity contribution in [3.05, 3.63) is 82.2 Å². The third-order valence-electron chi connectivity index (χ3n) is 5.42. The molecule has 2 amide bonds. The van der Waals surface area contributed by atoms with Crippen LogP contribution in [0.1, 0.15) is 29.9 Å². The summed E-state index contributed by atoms with van der Waals surface area (Å²) in [6.07, 6.45) is 3.38. The molecule has 0 bridgehead atoms. The normalized spacial score (nSPS) is 10.7. The van der Waals surface area contributed by atoms with E-state index in [1.54, 1.807) is 17.5 Å². The maximum absolute atomic E-state index is 13.0. The first-order chi connectivity index (χ1) is 15.6. The van der Waals surface area contributed by atoms with Crippen LogP contribution in [-0.2, 0) is 12.8 Å². The second-order valence-electron chi connectivity index (χ2n) is 7.45. The predicted octanol–water partition coefficient (Wildman–Crippen LogP) is 6.95. The van der Waals surface area contributed by atoms with Crippen LogP contribution in [0.15, 0.2) is 66.2 Å². The van der Waals surface area contributed by atoms with Gasteiger partial charge in [-0.1, -0.05) is 62.4 Å².